The summed E-state index contributed by atoms with van der Waals surface area (Å²) in [4.78, 5) is 17.5. The van der Waals surface area contributed by atoms with Gasteiger partial charge in [-0.3, -0.25) is 9.80 Å². The van der Waals surface area contributed by atoms with E-state index in [0.717, 1.165) is 43.7 Å². The molecule has 4 aromatic carbocycles. The minimum Gasteiger partial charge on any atom is -0.307 e. The molecular formula is C30H27ClFN3O. The minimum atomic E-state index is -0.260. The number of urea groups is 1. The van der Waals surface area contributed by atoms with Gasteiger partial charge in [0.05, 0.1) is 0 Å². The molecule has 1 spiro atoms. The summed E-state index contributed by atoms with van der Waals surface area (Å²) in [5.74, 6) is -0.260. The number of benzene rings is 4. The number of nitrogens with zero attached hydrogens (tertiary/aromatic N) is 2. The zero-order valence-corrected chi connectivity index (χ0v) is 20.6. The van der Waals surface area contributed by atoms with Crippen LogP contribution in [0.15, 0.2) is 84.9 Å². The molecule has 36 heavy (non-hydrogen) atoms. The number of anilines is 2. The number of carbonyl (C=O) groups is 1. The second kappa shape index (κ2) is 9.23. The third-order valence-corrected chi connectivity index (χ3v) is 7.87. The van der Waals surface area contributed by atoms with Gasteiger partial charge in [0.1, 0.15) is 5.82 Å². The first-order valence-corrected chi connectivity index (χ1v) is 12.7. The fourth-order valence-electron chi connectivity index (χ4n) is 5.74. The first kappa shape index (κ1) is 23.0. The van der Waals surface area contributed by atoms with Gasteiger partial charge in [-0.1, -0.05) is 54.1 Å². The van der Waals surface area contributed by atoms with E-state index in [1.54, 1.807) is 35.2 Å². The molecule has 0 radical (unpaired) electrons. The molecule has 6 rings (SSSR count). The molecule has 0 unspecified atom stereocenters. The number of hydrogen-bond acceptors (Lipinski definition) is 2. The second-order valence-corrected chi connectivity index (χ2v) is 10.4. The Bertz CT molecular complexity index is 1450. The van der Waals surface area contributed by atoms with Crippen molar-refractivity contribution in [2.24, 2.45) is 0 Å². The molecule has 2 aliphatic heterocycles. The molecule has 0 saturated carbocycles. The zero-order chi connectivity index (χ0) is 24.7. The van der Waals surface area contributed by atoms with E-state index in [1.165, 1.54) is 22.4 Å². The van der Waals surface area contributed by atoms with Gasteiger partial charge >= 0.3 is 6.03 Å². The average Bonchev–Trinajstić information content (AvgIpc) is 3.19. The summed E-state index contributed by atoms with van der Waals surface area (Å²) >= 11 is 6.09. The third-order valence-electron chi connectivity index (χ3n) is 7.64. The molecular weight excluding hydrogens is 473 g/mol. The van der Waals surface area contributed by atoms with Crippen LogP contribution in [0.5, 0.6) is 0 Å². The molecule has 1 fully saturated rings. The van der Waals surface area contributed by atoms with Crippen LogP contribution in [-0.4, -0.2) is 30.6 Å². The van der Waals surface area contributed by atoms with Crippen LogP contribution in [0.2, 0.25) is 5.02 Å². The summed E-state index contributed by atoms with van der Waals surface area (Å²) in [6, 6.07) is 26.8. The second-order valence-electron chi connectivity index (χ2n) is 9.93. The minimum absolute atomic E-state index is 0.222. The number of piperidine rings is 1. The van der Waals surface area contributed by atoms with Crippen LogP contribution in [0.4, 0.5) is 20.6 Å². The fraction of sp³-hybridized carbons (Fsp3) is 0.233. The van der Waals surface area contributed by atoms with Gasteiger partial charge in [-0.05, 0) is 90.3 Å². The first-order chi connectivity index (χ1) is 17.5. The monoisotopic (exact) mass is 499 g/mol. The van der Waals surface area contributed by atoms with Gasteiger partial charge in [0, 0.05) is 34.9 Å². The van der Waals surface area contributed by atoms with E-state index >= 15 is 0 Å². The largest absolute Gasteiger partial charge is 0.326 e. The van der Waals surface area contributed by atoms with Crippen molar-refractivity contribution in [1.29, 1.82) is 0 Å². The highest BCUT2D eigenvalue weighted by Crippen LogP contribution is 2.47. The molecule has 2 aliphatic rings. The molecule has 1 saturated heterocycles. The zero-order valence-electron chi connectivity index (χ0n) is 19.9. The Hall–Kier alpha value is -3.41. The van der Waals surface area contributed by atoms with Crippen molar-refractivity contribution in [3.8, 4) is 0 Å². The SMILES string of the molecule is O=C(Nc1cccc(Cl)c1)N1CC2(CCN(Cc3ccc4ccccc4c3)CC2)c2cc(F)ccc21. The molecule has 1 N–H and O–H groups in total. The van der Waals surface area contributed by atoms with E-state index in [4.69, 9.17) is 11.6 Å². The molecule has 182 valence electrons. The van der Waals surface area contributed by atoms with E-state index in [9.17, 15) is 9.18 Å². The molecule has 4 aromatic rings. The lowest BCUT2D eigenvalue weighted by Crippen LogP contribution is -2.46. The van der Waals surface area contributed by atoms with Crippen LogP contribution in [0.25, 0.3) is 10.8 Å². The Labute approximate surface area is 215 Å². The van der Waals surface area contributed by atoms with Gasteiger partial charge in [-0.2, -0.15) is 0 Å². The predicted molar refractivity (Wildman–Crippen MR) is 144 cm³/mol. The lowest BCUT2D eigenvalue weighted by Gasteiger charge is -2.40. The van der Waals surface area contributed by atoms with Crippen LogP contribution < -0.4 is 10.2 Å². The van der Waals surface area contributed by atoms with Crippen molar-refractivity contribution in [1.82, 2.24) is 4.90 Å². The van der Waals surface area contributed by atoms with Crippen molar-refractivity contribution >= 4 is 39.8 Å². The maximum Gasteiger partial charge on any atom is 0.326 e. The highest BCUT2D eigenvalue weighted by atomic mass is 35.5. The van der Waals surface area contributed by atoms with Crippen molar-refractivity contribution in [3.63, 3.8) is 0 Å². The highest BCUT2D eigenvalue weighted by Gasteiger charge is 2.46. The van der Waals surface area contributed by atoms with Crippen LogP contribution in [0, 0.1) is 5.82 Å². The van der Waals surface area contributed by atoms with E-state index in [0.29, 0.717) is 17.3 Å². The summed E-state index contributed by atoms with van der Waals surface area (Å²) < 4.78 is 14.4. The summed E-state index contributed by atoms with van der Waals surface area (Å²) in [6.45, 7) is 3.22. The van der Waals surface area contributed by atoms with E-state index in [2.05, 4.69) is 52.7 Å². The van der Waals surface area contributed by atoms with Gasteiger partial charge in [0.15, 0.2) is 0 Å². The van der Waals surface area contributed by atoms with Crippen molar-refractivity contribution in [2.75, 3.05) is 29.9 Å². The molecule has 4 nitrogen and oxygen atoms in total. The van der Waals surface area contributed by atoms with Crippen LogP contribution >= 0.6 is 11.6 Å². The van der Waals surface area contributed by atoms with Crippen LogP contribution in [0.3, 0.4) is 0 Å². The lowest BCUT2D eigenvalue weighted by molar-refractivity contribution is 0.160. The average molecular weight is 500 g/mol. The smallest absolute Gasteiger partial charge is 0.307 e. The lowest BCUT2D eigenvalue weighted by atomic mass is 9.74. The first-order valence-electron chi connectivity index (χ1n) is 12.3. The van der Waals surface area contributed by atoms with E-state index in [1.807, 2.05) is 6.07 Å². The standard InChI is InChI=1S/C30H27ClFN3O/c31-24-6-3-7-26(17-24)33-29(36)35-20-30(27-18-25(32)10-11-28(27)35)12-14-34(15-13-30)19-21-8-9-22-4-1-2-5-23(22)16-21/h1-11,16-18H,12-15,19-20H2,(H,33,36). The number of likely N-dealkylation sites (tertiary alicyclic amines) is 1. The number of halogens is 2. The highest BCUT2D eigenvalue weighted by molar-refractivity contribution is 6.30. The number of fused-ring (bicyclic) bond motifs is 3. The Morgan fingerprint density at radius 1 is 0.917 bits per heavy atom. The summed E-state index contributed by atoms with van der Waals surface area (Å²) in [7, 11) is 0. The molecule has 0 aromatic heterocycles. The topological polar surface area (TPSA) is 35.6 Å². The number of amides is 2. The Morgan fingerprint density at radius 2 is 1.72 bits per heavy atom. The molecule has 0 atom stereocenters. The van der Waals surface area contributed by atoms with Crippen molar-refractivity contribution < 1.29 is 9.18 Å². The van der Waals surface area contributed by atoms with Crippen molar-refractivity contribution in [3.05, 3.63) is 107 Å². The number of hydrogen-bond donors (Lipinski definition) is 1. The molecule has 6 heteroatoms. The van der Waals surface area contributed by atoms with Gasteiger partial charge in [-0.15, -0.1) is 0 Å². The van der Waals surface area contributed by atoms with E-state index < -0.39 is 0 Å². The third kappa shape index (κ3) is 4.34. The molecule has 0 aliphatic carbocycles. The van der Waals surface area contributed by atoms with E-state index in [-0.39, 0.29) is 17.3 Å². The normalized spacial score (nSPS) is 16.9. The quantitative estimate of drug-likeness (QED) is 0.323. The number of carbonyl (C=O) groups excluding carboxylic acids is 1. The molecule has 2 amide bonds. The predicted octanol–water partition coefficient (Wildman–Crippen LogP) is 7.22. The molecule has 0 bridgehead atoms. The maximum atomic E-state index is 14.4. The Morgan fingerprint density at radius 3 is 2.53 bits per heavy atom. The maximum absolute atomic E-state index is 14.4. The Balaban J connectivity index is 1.20. The van der Waals surface area contributed by atoms with Gasteiger partial charge < -0.3 is 5.32 Å². The Kier molecular flexibility index (Phi) is 5.90. The number of rotatable bonds is 3. The van der Waals surface area contributed by atoms with Gasteiger partial charge in [0.2, 0.25) is 0 Å². The molecule has 2 heterocycles. The van der Waals surface area contributed by atoms with Gasteiger partial charge in [0.25, 0.3) is 0 Å². The summed E-state index contributed by atoms with van der Waals surface area (Å²) in [5, 5.41) is 6.02. The van der Waals surface area contributed by atoms with Gasteiger partial charge in [-0.25, -0.2) is 9.18 Å². The van der Waals surface area contributed by atoms with Crippen LogP contribution in [0.1, 0.15) is 24.0 Å². The summed E-state index contributed by atoms with van der Waals surface area (Å²) in [6.07, 6.45) is 1.75. The number of nitrogens with one attached hydrogen (secondary N) is 1. The van der Waals surface area contributed by atoms with Crippen LogP contribution in [-0.2, 0) is 12.0 Å². The fourth-order valence-corrected chi connectivity index (χ4v) is 5.93. The van der Waals surface area contributed by atoms with Crippen molar-refractivity contribution in [2.45, 2.75) is 24.8 Å². The summed E-state index contributed by atoms with van der Waals surface area (Å²) in [5.41, 5.74) is 3.42.